The molecule has 0 amide bonds. The number of aromatic nitrogens is 8. The molecule has 184 valence electrons. The topological polar surface area (TPSA) is 169 Å². The van der Waals surface area contributed by atoms with Crippen LogP contribution in [0.5, 0.6) is 0 Å². The number of nitrogens with zero attached hydrogens (tertiary/aromatic N) is 8. The molecular weight excluding hydrogens is 470 g/mol. The first-order valence-electron chi connectivity index (χ1n) is 11.2. The van der Waals surface area contributed by atoms with Crippen LogP contribution in [0.1, 0.15) is 25.6 Å². The highest BCUT2D eigenvalue weighted by Crippen LogP contribution is 2.24. The molecular formula is C22H21N9O5. The third-order valence-corrected chi connectivity index (χ3v) is 6.01. The zero-order chi connectivity index (χ0) is 25.6. The van der Waals surface area contributed by atoms with Gasteiger partial charge in [0, 0.05) is 19.7 Å². The predicted molar refractivity (Wildman–Crippen MR) is 129 cm³/mol. The zero-order valence-electron chi connectivity index (χ0n) is 19.4. The van der Waals surface area contributed by atoms with Crippen molar-refractivity contribution in [3.05, 3.63) is 83.9 Å². The van der Waals surface area contributed by atoms with E-state index in [1.165, 1.54) is 44.5 Å². The van der Waals surface area contributed by atoms with Crippen molar-refractivity contribution in [2.24, 2.45) is 7.05 Å². The number of hydrogen-bond acceptors (Lipinski definition) is 8. The Bertz CT molecular complexity index is 1820. The van der Waals surface area contributed by atoms with E-state index >= 15 is 0 Å². The lowest BCUT2D eigenvalue weighted by molar-refractivity contribution is -0.384. The summed E-state index contributed by atoms with van der Waals surface area (Å²) < 4.78 is 5.52. The summed E-state index contributed by atoms with van der Waals surface area (Å²) in [6.07, 6.45) is 4.19. The van der Waals surface area contributed by atoms with Crippen LogP contribution < -0.4 is 16.8 Å². The summed E-state index contributed by atoms with van der Waals surface area (Å²) in [7, 11) is 1.64. The van der Waals surface area contributed by atoms with E-state index in [0.717, 1.165) is 12.8 Å². The smallest absolute Gasteiger partial charge is 0.324 e. The number of rotatable bonds is 7. The number of aryl methyl sites for hydroxylation is 2. The van der Waals surface area contributed by atoms with Gasteiger partial charge >= 0.3 is 5.69 Å². The van der Waals surface area contributed by atoms with Crippen LogP contribution in [0.2, 0.25) is 0 Å². The molecule has 0 aliphatic rings. The number of hydrogen-bond donors (Lipinski definition) is 1. The second-order valence-electron chi connectivity index (χ2n) is 8.24. The Morgan fingerprint density at radius 2 is 1.92 bits per heavy atom. The van der Waals surface area contributed by atoms with Gasteiger partial charge in [0.05, 0.1) is 17.7 Å². The third-order valence-electron chi connectivity index (χ3n) is 6.01. The Balaban J connectivity index is 1.60. The number of aromatic amines is 1. The minimum Gasteiger partial charge on any atom is -0.324 e. The molecule has 1 aromatic carbocycles. The molecule has 14 nitrogen and oxygen atoms in total. The summed E-state index contributed by atoms with van der Waals surface area (Å²) in [6, 6.07) is 6.03. The molecule has 0 saturated heterocycles. The van der Waals surface area contributed by atoms with Crippen molar-refractivity contribution in [2.75, 3.05) is 0 Å². The minimum atomic E-state index is -0.560. The Morgan fingerprint density at radius 3 is 2.67 bits per heavy atom. The van der Waals surface area contributed by atoms with Gasteiger partial charge in [0.15, 0.2) is 16.8 Å². The Kier molecular flexibility index (Phi) is 5.54. The molecule has 14 heteroatoms. The van der Waals surface area contributed by atoms with Crippen molar-refractivity contribution in [1.29, 1.82) is 0 Å². The van der Waals surface area contributed by atoms with Gasteiger partial charge in [-0.15, -0.1) is 0 Å². The van der Waals surface area contributed by atoms with E-state index in [0.29, 0.717) is 12.4 Å². The average molecular weight is 491 g/mol. The molecule has 0 unspecified atom stereocenters. The van der Waals surface area contributed by atoms with Crippen LogP contribution in [0.15, 0.2) is 51.2 Å². The van der Waals surface area contributed by atoms with Crippen LogP contribution in [0.4, 0.5) is 5.69 Å². The third kappa shape index (κ3) is 3.59. The first-order chi connectivity index (χ1) is 17.3. The SMILES string of the molecule is CCCCn1c(=O)[nH]c(=O)c2c1nc(Cn1cnc3c(cnn3-c3ccccc3[N+](=O)[O-])c1=O)n2C. The van der Waals surface area contributed by atoms with E-state index in [9.17, 15) is 24.5 Å². The fourth-order valence-electron chi connectivity index (χ4n) is 4.14. The van der Waals surface area contributed by atoms with E-state index in [-0.39, 0.29) is 40.1 Å². The summed E-state index contributed by atoms with van der Waals surface area (Å²) in [6.45, 7) is 2.37. The molecule has 5 aromatic rings. The number of nitro groups is 1. The van der Waals surface area contributed by atoms with Gasteiger partial charge in [0.2, 0.25) is 0 Å². The maximum Gasteiger partial charge on any atom is 0.330 e. The van der Waals surface area contributed by atoms with E-state index < -0.39 is 21.7 Å². The summed E-state index contributed by atoms with van der Waals surface area (Å²) in [5.41, 5.74) is -0.874. The van der Waals surface area contributed by atoms with Crippen LogP contribution in [0.25, 0.3) is 27.9 Å². The quantitative estimate of drug-likeness (QED) is 0.260. The number of imidazole rings is 1. The van der Waals surface area contributed by atoms with E-state index in [1.807, 2.05) is 6.92 Å². The average Bonchev–Trinajstić information content (AvgIpc) is 3.42. The molecule has 1 N–H and O–H groups in total. The molecule has 4 heterocycles. The highest BCUT2D eigenvalue weighted by atomic mass is 16.6. The van der Waals surface area contributed by atoms with E-state index in [1.54, 1.807) is 17.7 Å². The lowest BCUT2D eigenvalue weighted by Gasteiger charge is -2.07. The van der Waals surface area contributed by atoms with Gasteiger partial charge in [-0.05, 0) is 12.5 Å². The number of fused-ring (bicyclic) bond motifs is 2. The van der Waals surface area contributed by atoms with Crippen molar-refractivity contribution in [3.63, 3.8) is 0 Å². The lowest BCUT2D eigenvalue weighted by atomic mass is 10.2. The second-order valence-corrected chi connectivity index (χ2v) is 8.24. The van der Waals surface area contributed by atoms with Crippen molar-refractivity contribution in [2.45, 2.75) is 32.9 Å². The lowest BCUT2D eigenvalue weighted by Crippen LogP contribution is -2.31. The van der Waals surface area contributed by atoms with Crippen LogP contribution in [0.3, 0.4) is 0 Å². The molecule has 0 bridgehead atoms. The fourth-order valence-corrected chi connectivity index (χ4v) is 4.14. The summed E-state index contributed by atoms with van der Waals surface area (Å²) in [5.74, 6) is 0.376. The standard InChI is InChI=1S/C22H21N9O5/c1-3-4-9-29-19-17(20(32)26-22(29)34)27(2)16(25-19)11-28-12-23-18-13(21(28)33)10-24-30(18)14-7-5-6-8-15(14)31(35)36/h5-8,10,12H,3-4,9,11H2,1-2H3,(H,26,32,34). The van der Waals surface area contributed by atoms with Gasteiger partial charge in [0.25, 0.3) is 16.8 Å². The molecule has 0 fully saturated rings. The molecule has 5 rings (SSSR count). The van der Waals surface area contributed by atoms with Crippen molar-refractivity contribution < 1.29 is 4.92 Å². The highest BCUT2D eigenvalue weighted by Gasteiger charge is 2.21. The van der Waals surface area contributed by atoms with Crippen LogP contribution in [-0.2, 0) is 20.1 Å². The van der Waals surface area contributed by atoms with Gasteiger partial charge in [-0.25, -0.2) is 19.4 Å². The summed E-state index contributed by atoms with van der Waals surface area (Å²) in [5, 5.41) is 15.8. The Morgan fingerprint density at radius 1 is 1.14 bits per heavy atom. The summed E-state index contributed by atoms with van der Waals surface area (Å²) >= 11 is 0. The van der Waals surface area contributed by atoms with E-state index in [2.05, 4.69) is 20.1 Å². The van der Waals surface area contributed by atoms with Gasteiger partial charge in [-0.1, -0.05) is 25.5 Å². The molecule has 4 aromatic heterocycles. The molecule has 0 atom stereocenters. The Hall–Kier alpha value is -4.88. The van der Waals surface area contributed by atoms with Crippen LogP contribution >= 0.6 is 0 Å². The van der Waals surface area contributed by atoms with Crippen LogP contribution in [-0.4, -0.2) is 43.4 Å². The molecule has 0 radical (unpaired) electrons. The van der Waals surface area contributed by atoms with E-state index in [4.69, 9.17) is 0 Å². The normalized spacial score (nSPS) is 11.5. The number of unbranched alkanes of at least 4 members (excludes halogenated alkanes) is 1. The first kappa shape index (κ1) is 22.9. The maximum atomic E-state index is 13.2. The molecule has 0 saturated carbocycles. The van der Waals surface area contributed by atoms with Crippen molar-refractivity contribution in [1.82, 2.24) is 38.4 Å². The highest BCUT2D eigenvalue weighted by molar-refractivity contribution is 5.76. The predicted octanol–water partition coefficient (Wildman–Crippen LogP) is 1.08. The van der Waals surface area contributed by atoms with Crippen molar-refractivity contribution in [3.8, 4) is 5.69 Å². The molecule has 36 heavy (non-hydrogen) atoms. The van der Waals surface area contributed by atoms with Gasteiger partial charge < -0.3 is 4.57 Å². The number of nitro benzene ring substituents is 1. The molecule has 0 aliphatic carbocycles. The summed E-state index contributed by atoms with van der Waals surface area (Å²) in [4.78, 5) is 60.2. The number of benzene rings is 1. The minimum absolute atomic E-state index is 0.0228. The van der Waals surface area contributed by atoms with Gasteiger partial charge in [0.1, 0.15) is 23.2 Å². The van der Waals surface area contributed by atoms with Gasteiger partial charge in [-0.3, -0.25) is 33.8 Å². The number of para-hydroxylation sites is 2. The first-order valence-corrected chi connectivity index (χ1v) is 11.2. The zero-order valence-corrected chi connectivity index (χ0v) is 19.4. The van der Waals surface area contributed by atoms with Crippen LogP contribution in [0, 0.1) is 10.1 Å². The maximum absolute atomic E-state index is 13.2. The largest absolute Gasteiger partial charge is 0.330 e. The van der Waals surface area contributed by atoms with Gasteiger partial charge in [-0.2, -0.15) is 5.10 Å². The fraction of sp³-hybridized carbons (Fsp3) is 0.273. The second kappa shape index (κ2) is 8.72. The number of H-pyrrole nitrogens is 1. The molecule has 0 spiro atoms. The molecule has 0 aliphatic heterocycles. The van der Waals surface area contributed by atoms with Crippen molar-refractivity contribution >= 4 is 27.9 Å². The Labute approximate surface area is 201 Å². The number of nitrogens with one attached hydrogen (secondary N) is 1. The monoisotopic (exact) mass is 491 g/mol.